The van der Waals surface area contributed by atoms with Crippen molar-refractivity contribution in [2.24, 2.45) is 0 Å². The Labute approximate surface area is 197 Å². The number of carbonyl (C=O) groups excluding carboxylic acids is 1. The fourth-order valence-electron chi connectivity index (χ4n) is 3.67. The SMILES string of the molecule is COc1ccc(OCCN2CCN(CC(=O)Nc3cc(Cl)ccc3-n3cncn3)CC2)cc1. The number of hydrogen-bond acceptors (Lipinski definition) is 7. The van der Waals surface area contributed by atoms with E-state index < -0.39 is 0 Å². The van der Waals surface area contributed by atoms with Crippen molar-refractivity contribution < 1.29 is 14.3 Å². The topological polar surface area (TPSA) is 84.8 Å². The van der Waals surface area contributed by atoms with E-state index in [2.05, 4.69) is 25.2 Å². The molecule has 1 amide bonds. The average molecular weight is 471 g/mol. The molecule has 1 aliphatic rings. The summed E-state index contributed by atoms with van der Waals surface area (Å²) in [6, 6.07) is 12.9. The fraction of sp³-hybridized carbons (Fsp3) is 0.348. The molecule has 2 heterocycles. The minimum absolute atomic E-state index is 0.0880. The second-order valence-corrected chi connectivity index (χ2v) is 8.13. The van der Waals surface area contributed by atoms with Crippen LogP contribution in [-0.2, 0) is 4.79 Å². The Morgan fingerprint density at radius 3 is 2.48 bits per heavy atom. The van der Waals surface area contributed by atoms with Gasteiger partial charge in [-0.25, -0.2) is 9.67 Å². The Balaban J connectivity index is 1.21. The van der Waals surface area contributed by atoms with Gasteiger partial charge < -0.3 is 14.8 Å². The highest BCUT2D eigenvalue weighted by Gasteiger charge is 2.19. The fourth-order valence-corrected chi connectivity index (χ4v) is 3.84. The van der Waals surface area contributed by atoms with Crippen LogP contribution in [0, 0.1) is 0 Å². The number of halogens is 1. The Bertz CT molecular complexity index is 1040. The molecule has 0 radical (unpaired) electrons. The highest BCUT2D eigenvalue weighted by molar-refractivity contribution is 6.31. The van der Waals surface area contributed by atoms with Gasteiger partial charge in [-0.3, -0.25) is 14.6 Å². The maximum atomic E-state index is 12.7. The minimum Gasteiger partial charge on any atom is -0.497 e. The number of nitrogens with zero attached hydrogens (tertiary/aromatic N) is 5. The summed E-state index contributed by atoms with van der Waals surface area (Å²) in [6.07, 6.45) is 3.03. The Kier molecular flexibility index (Phi) is 7.77. The van der Waals surface area contributed by atoms with E-state index in [0.29, 0.717) is 29.5 Å². The molecular weight excluding hydrogens is 444 g/mol. The first-order chi connectivity index (χ1) is 16.1. The van der Waals surface area contributed by atoms with Gasteiger partial charge in [-0.05, 0) is 42.5 Å². The van der Waals surface area contributed by atoms with Crippen LogP contribution in [0.25, 0.3) is 5.69 Å². The van der Waals surface area contributed by atoms with Crippen molar-refractivity contribution >= 4 is 23.2 Å². The summed E-state index contributed by atoms with van der Waals surface area (Å²) >= 11 is 6.14. The smallest absolute Gasteiger partial charge is 0.238 e. The van der Waals surface area contributed by atoms with Crippen molar-refractivity contribution in [1.29, 1.82) is 0 Å². The number of carbonyl (C=O) groups is 1. The number of anilines is 1. The molecule has 0 spiro atoms. The third-order valence-corrected chi connectivity index (χ3v) is 5.70. The van der Waals surface area contributed by atoms with E-state index in [1.807, 2.05) is 24.3 Å². The monoisotopic (exact) mass is 470 g/mol. The zero-order valence-electron chi connectivity index (χ0n) is 18.5. The molecule has 0 saturated carbocycles. The van der Waals surface area contributed by atoms with Crippen LogP contribution >= 0.6 is 11.6 Å². The molecule has 10 heteroatoms. The third kappa shape index (κ3) is 6.44. The largest absolute Gasteiger partial charge is 0.497 e. The second kappa shape index (κ2) is 11.1. The molecule has 0 unspecified atom stereocenters. The molecule has 1 aromatic heterocycles. The number of piperazine rings is 1. The zero-order chi connectivity index (χ0) is 23.0. The predicted molar refractivity (Wildman–Crippen MR) is 126 cm³/mol. The normalized spacial score (nSPS) is 14.7. The van der Waals surface area contributed by atoms with E-state index in [4.69, 9.17) is 21.1 Å². The van der Waals surface area contributed by atoms with E-state index in [1.165, 1.54) is 6.33 Å². The van der Waals surface area contributed by atoms with Crippen molar-refractivity contribution in [3.05, 3.63) is 60.1 Å². The summed E-state index contributed by atoms with van der Waals surface area (Å²) in [6.45, 7) is 5.20. The number of aromatic nitrogens is 3. The van der Waals surface area contributed by atoms with Gasteiger partial charge >= 0.3 is 0 Å². The van der Waals surface area contributed by atoms with E-state index in [-0.39, 0.29) is 5.91 Å². The molecular formula is C23H27ClN6O3. The Morgan fingerprint density at radius 2 is 1.79 bits per heavy atom. The lowest BCUT2D eigenvalue weighted by Crippen LogP contribution is -2.49. The van der Waals surface area contributed by atoms with E-state index >= 15 is 0 Å². The van der Waals surface area contributed by atoms with Crippen LogP contribution in [0.4, 0.5) is 5.69 Å². The van der Waals surface area contributed by atoms with Gasteiger partial charge in [0.2, 0.25) is 5.91 Å². The average Bonchev–Trinajstić information content (AvgIpc) is 3.35. The molecule has 1 fully saturated rings. The predicted octanol–water partition coefficient (Wildman–Crippen LogP) is 2.56. The Hall–Kier alpha value is -3.14. The van der Waals surface area contributed by atoms with Crippen LogP contribution in [0.1, 0.15) is 0 Å². The van der Waals surface area contributed by atoms with Crippen molar-refractivity contribution in [1.82, 2.24) is 24.6 Å². The molecule has 174 valence electrons. The van der Waals surface area contributed by atoms with Gasteiger partial charge in [0.05, 0.1) is 25.0 Å². The summed E-state index contributed by atoms with van der Waals surface area (Å²) in [5.74, 6) is 1.56. The van der Waals surface area contributed by atoms with E-state index in [0.717, 1.165) is 44.2 Å². The summed E-state index contributed by atoms with van der Waals surface area (Å²) in [4.78, 5) is 21.1. The number of hydrogen-bond donors (Lipinski definition) is 1. The van der Waals surface area contributed by atoms with Crippen LogP contribution in [0.5, 0.6) is 11.5 Å². The summed E-state index contributed by atoms with van der Waals surface area (Å²) in [7, 11) is 1.65. The maximum Gasteiger partial charge on any atom is 0.238 e. The lowest BCUT2D eigenvalue weighted by molar-refractivity contribution is -0.117. The Morgan fingerprint density at radius 1 is 1.06 bits per heavy atom. The van der Waals surface area contributed by atoms with Gasteiger partial charge in [-0.1, -0.05) is 11.6 Å². The van der Waals surface area contributed by atoms with Crippen molar-refractivity contribution in [3.63, 3.8) is 0 Å². The number of benzene rings is 2. The first kappa shape index (κ1) is 23.0. The number of ether oxygens (including phenoxy) is 2. The molecule has 1 aliphatic heterocycles. The van der Waals surface area contributed by atoms with Crippen molar-refractivity contribution in [2.75, 3.05) is 58.3 Å². The number of rotatable bonds is 9. The zero-order valence-corrected chi connectivity index (χ0v) is 19.2. The van der Waals surface area contributed by atoms with Gasteiger partial charge in [0.15, 0.2) is 0 Å². The lowest BCUT2D eigenvalue weighted by atomic mass is 10.2. The maximum absolute atomic E-state index is 12.7. The molecule has 0 atom stereocenters. The first-order valence-electron chi connectivity index (χ1n) is 10.8. The molecule has 2 aromatic carbocycles. The molecule has 3 aromatic rings. The van der Waals surface area contributed by atoms with Gasteiger partial charge in [0.1, 0.15) is 30.8 Å². The first-order valence-corrected chi connectivity index (χ1v) is 11.1. The molecule has 0 aliphatic carbocycles. The van der Waals surface area contributed by atoms with Crippen molar-refractivity contribution in [3.8, 4) is 17.2 Å². The number of nitrogens with one attached hydrogen (secondary N) is 1. The molecule has 1 saturated heterocycles. The highest BCUT2D eigenvalue weighted by Crippen LogP contribution is 2.24. The lowest BCUT2D eigenvalue weighted by Gasteiger charge is -2.34. The molecule has 33 heavy (non-hydrogen) atoms. The van der Waals surface area contributed by atoms with Gasteiger partial charge in [0.25, 0.3) is 0 Å². The third-order valence-electron chi connectivity index (χ3n) is 5.47. The van der Waals surface area contributed by atoms with Gasteiger partial charge in [-0.2, -0.15) is 5.10 Å². The molecule has 0 bridgehead atoms. The quantitative estimate of drug-likeness (QED) is 0.514. The number of amides is 1. The van der Waals surface area contributed by atoms with Crippen LogP contribution in [0.15, 0.2) is 55.1 Å². The van der Waals surface area contributed by atoms with Crippen molar-refractivity contribution in [2.45, 2.75) is 0 Å². The van der Waals surface area contributed by atoms with Crippen LogP contribution < -0.4 is 14.8 Å². The van der Waals surface area contributed by atoms with E-state index in [1.54, 1.807) is 36.3 Å². The second-order valence-electron chi connectivity index (χ2n) is 7.69. The minimum atomic E-state index is -0.0880. The van der Waals surface area contributed by atoms with Crippen LogP contribution in [0.2, 0.25) is 5.02 Å². The van der Waals surface area contributed by atoms with Gasteiger partial charge in [-0.15, -0.1) is 0 Å². The molecule has 9 nitrogen and oxygen atoms in total. The number of methoxy groups -OCH3 is 1. The summed E-state index contributed by atoms with van der Waals surface area (Å²) in [5, 5.41) is 7.64. The standard InChI is InChI=1S/C23H27ClN6O3/c1-32-19-3-5-20(6-4-19)33-13-12-28-8-10-29(11-9-28)15-23(31)27-21-14-18(24)2-7-22(21)30-17-25-16-26-30/h2-7,14,16-17H,8-13,15H2,1H3,(H,27,31). The highest BCUT2D eigenvalue weighted by atomic mass is 35.5. The molecule has 4 rings (SSSR count). The van der Waals surface area contributed by atoms with Crippen LogP contribution in [0.3, 0.4) is 0 Å². The summed E-state index contributed by atoms with van der Waals surface area (Å²) in [5.41, 5.74) is 1.32. The molecule has 1 N–H and O–H groups in total. The van der Waals surface area contributed by atoms with Crippen LogP contribution in [-0.4, -0.2) is 83.5 Å². The summed E-state index contributed by atoms with van der Waals surface area (Å²) < 4.78 is 12.6. The van der Waals surface area contributed by atoms with Gasteiger partial charge in [0, 0.05) is 37.7 Å². The van der Waals surface area contributed by atoms with E-state index in [9.17, 15) is 4.79 Å².